The zero-order valence-electron chi connectivity index (χ0n) is 34.0. The molecular weight excluding hydrogens is 757 g/mol. The Bertz CT molecular complexity index is 2350. The van der Waals surface area contributed by atoms with Crippen LogP contribution >= 0.6 is 0 Å². The Morgan fingerprint density at radius 3 is 2.03 bits per heavy atom. The zero-order chi connectivity index (χ0) is 41.7. The summed E-state index contributed by atoms with van der Waals surface area (Å²) in [5.41, 5.74) is 6.80. The number of ether oxygens (including phenoxy) is 1. The van der Waals surface area contributed by atoms with Crippen LogP contribution in [0.5, 0.6) is 0 Å². The van der Waals surface area contributed by atoms with E-state index in [0.29, 0.717) is 48.6 Å². The van der Waals surface area contributed by atoms with Crippen molar-refractivity contribution < 1.29 is 23.9 Å². The number of aromatic nitrogens is 4. The highest BCUT2D eigenvalue weighted by atomic mass is 16.6. The van der Waals surface area contributed by atoms with Gasteiger partial charge in [-0.15, -0.1) is 0 Å². The summed E-state index contributed by atoms with van der Waals surface area (Å²) in [5.74, 6) is 0.00171. The Morgan fingerprint density at radius 1 is 0.700 bits per heavy atom. The van der Waals surface area contributed by atoms with Crippen LogP contribution in [-0.4, -0.2) is 74.3 Å². The minimum atomic E-state index is -0.387. The maximum atomic E-state index is 12.9. The lowest BCUT2D eigenvalue weighted by atomic mass is 10.1. The van der Waals surface area contributed by atoms with E-state index in [1.807, 2.05) is 69.9 Å². The number of carbonyl (C=O) groups is 4. The molecule has 1 aliphatic carbocycles. The normalized spacial score (nSPS) is 11.8. The summed E-state index contributed by atoms with van der Waals surface area (Å²) in [6.07, 6.45) is 17.1. The average Bonchev–Trinajstić information content (AvgIpc) is 4.02. The summed E-state index contributed by atoms with van der Waals surface area (Å²) < 4.78 is 9.70. The molecular formula is C47H52N8O5. The van der Waals surface area contributed by atoms with Gasteiger partial charge in [0.15, 0.2) is 11.9 Å². The zero-order valence-corrected chi connectivity index (χ0v) is 34.0. The fraction of sp³-hybridized carbons (Fsp3) is 0.319. The third-order valence-corrected chi connectivity index (χ3v) is 10.8. The van der Waals surface area contributed by atoms with Crippen LogP contribution in [-0.2, 0) is 9.53 Å². The van der Waals surface area contributed by atoms with E-state index in [1.165, 1.54) is 0 Å². The lowest BCUT2D eigenvalue weighted by Gasteiger charge is -2.21. The first-order chi connectivity index (χ1) is 29.3. The number of hydrogen-bond acceptors (Lipinski definition) is 7. The third kappa shape index (κ3) is 10.6. The number of hydrogen-bond donors (Lipinski definition) is 3. The summed E-state index contributed by atoms with van der Waals surface area (Å²) in [4.78, 5) is 61.0. The fourth-order valence-corrected chi connectivity index (χ4v) is 7.47. The standard InChI is InChI=1S/C47H52N8O5/c1-53(47(59)60-44-39-17-10-8-15-37(39)38-16-9-11-18-40(38)44)29-14-6-2-3-7-19-43(56)49-26-12-4-5-13-27-50-45(57)34-20-22-35(23-21-34)46(58)52-41-32-55-31-36(24-25-42(55)51-41)54-30-28-48-33-54/h8-11,15-18,20-25,28,30-33,44H,2-7,12-14,19,26-27,29H2,1H3,(H,49,56)(H,50,57)(H,52,58). The Morgan fingerprint density at radius 2 is 1.33 bits per heavy atom. The molecule has 1 aliphatic rings. The van der Waals surface area contributed by atoms with Crippen molar-refractivity contribution in [2.24, 2.45) is 0 Å². The molecule has 0 saturated carbocycles. The quantitative estimate of drug-likeness (QED) is 0.0656. The molecule has 0 saturated heterocycles. The summed E-state index contributed by atoms with van der Waals surface area (Å²) in [6, 6.07) is 26.5. The lowest BCUT2D eigenvalue weighted by molar-refractivity contribution is -0.121. The molecule has 13 heteroatoms. The highest BCUT2D eigenvalue weighted by Crippen LogP contribution is 2.45. The first kappa shape index (κ1) is 41.4. The van der Waals surface area contributed by atoms with Crippen molar-refractivity contribution >= 4 is 35.3 Å². The Balaban J connectivity index is 0.684. The molecule has 0 unspecified atom stereocenters. The van der Waals surface area contributed by atoms with Crippen LogP contribution in [0.1, 0.15) is 102 Å². The molecule has 310 valence electrons. The van der Waals surface area contributed by atoms with Crippen LogP contribution in [0.15, 0.2) is 116 Å². The van der Waals surface area contributed by atoms with Crippen LogP contribution in [0.25, 0.3) is 22.5 Å². The monoisotopic (exact) mass is 808 g/mol. The summed E-state index contributed by atoms with van der Waals surface area (Å²) in [7, 11) is 1.79. The van der Waals surface area contributed by atoms with E-state index in [2.05, 4.69) is 38.1 Å². The van der Waals surface area contributed by atoms with Gasteiger partial charge in [0.05, 0.1) is 18.2 Å². The number of unbranched alkanes of at least 4 members (excludes halogenated alkanes) is 7. The molecule has 7 rings (SSSR count). The van der Waals surface area contributed by atoms with Gasteiger partial charge >= 0.3 is 6.09 Å². The van der Waals surface area contributed by atoms with E-state index >= 15 is 0 Å². The van der Waals surface area contributed by atoms with Gasteiger partial charge in [-0.1, -0.05) is 80.6 Å². The number of nitrogens with one attached hydrogen (secondary N) is 3. The smallest absolute Gasteiger partial charge is 0.410 e. The molecule has 60 heavy (non-hydrogen) atoms. The Kier molecular flexibility index (Phi) is 14.0. The minimum Gasteiger partial charge on any atom is -0.436 e. The number of rotatable bonds is 20. The molecule has 13 nitrogen and oxygen atoms in total. The average molecular weight is 809 g/mol. The topological polar surface area (TPSA) is 152 Å². The first-order valence-corrected chi connectivity index (χ1v) is 20.9. The molecule has 3 aromatic heterocycles. The highest BCUT2D eigenvalue weighted by Gasteiger charge is 2.31. The van der Waals surface area contributed by atoms with Crippen molar-refractivity contribution in [1.82, 2.24) is 34.5 Å². The second-order valence-electron chi connectivity index (χ2n) is 15.2. The first-order valence-electron chi connectivity index (χ1n) is 20.9. The summed E-state index contributed by atoms with van der Waals surface area (Å²) >= 11 is 0. The van der Waals surface area contributed by atoms with Crippen molar-refractivity contribution in [3.63, 3.8) is 0 Å². The molecule has 0 bridgehead atoms. The van der Waals surface area contributed by atoms with E-state index in [-0.39, 0.29) is 29.9 Å². The number of fused-ring (bicyclic) bond motifs is 4. The van der Waals surface area contributed by atoms with Crippen molar-refractivity contribution in [3.05, 3.63) is 138 Å². The number of imidazole rings is 2. The van der Waals surface area contributed by atoms with E-state index in [4.69, 9.17) is 4.74 Å². The maximum Gasteiger partial charge on any atom is 0.410 e. The van der Waals surface area contributed by atoms with Crippen LogP contribution in [0.2, 0.25) is 0 Å². The van der Waals surface area contributed by atoms with Crippen LogP contribution < -0.4 is 16.0 Å². The van der Waals surface area contributed by atoms with Crippen LogP contribution in [0.4, 0.5) is 10.6 Å². The van der Waals surface area contributed by atoms with Crippen molar-refractivity contribution in [2.45, 2.75) is 70.3 Å². The van der Waals surface area contributed by atoms with Crippen LogP contribution in [0, 0.1) is 0 Å². The van der Waals surface area contributed by atoms with Gasteiger partial charge < -0.3 is 34.6 Å². The largest absolute Gasteiger partial charge is 0.436 e. The number of amides is 4. The highest BCUT2D eigenvalue weighted by molar-refractivity contribution is 6.04. The summed E-state index contributed by atoms with van der Waals surface area (Å²) in [6.45, 7) is 1.82. The molecule has 6 aromatic rings. The second kappa shape index (κ2) is 20.3. The molecule has 3 aromatic carbocycles. The molecule has 0 atom stereocenters. The van der Waals surface area contributed by atoms with Gasteiger partial charge in [0, 0.05) is 73.9 Å². The van der Waals surface area contributed by atoms with Gasteiger partial charge in [0.25, 0.3) is 11.8 Å². The number of benzene rings is 3. The second-order valence-corrected chi connectivity index (χ2v) is 15.2. The van der Waals surface area contributed by atoms with Gasteiger partial charge in [-0.3, -0.25) is 14.4 Å². The molecule has 4 amide bonds. The van der Waals surface area contributed by atoms with Crippen molar-refractivity contribution in [2.75, 3.05) is 32.0 Å². The number of nitrogens with zero attached hydrogens (tertiary/aromatic N) is 5. The molecule has 0 spiro atoms. The van der Waals surface area contributed by atoms with E-state index in [1.54, 1.807) is 54.9 Å². The molecule has 0 radical (unpaired) electrons. The maximum absolute atomic E-state index is 12.9. The van der Waals surface area contributed by atoms with Gasteiger partial charge in [-0.2, -0.15) is 0 Å². The number of pyridine rings is 1. The third-order valence-electron chi connectivity index (χ3n) is 10.8. The molecule has 3 heterocycles. The van der Waals surface area contributed by atoms with Crippen molar-refractivity contribution in [1.29, 1.82) is 0 Å². The van der Waals surface area contributed by atoms with E-state index in [0.717, 1.165) is 85.7 Å². The molecule has 0 fully saturated rings. The Labute approximate surface area is 350 Å². The molecule has 0 aliphatic heterocycles. The lowest BCUT2D eigenvalue weighted by Crippen LogP contribution is -2.29. The van der Waals surface area contributed by atoms with E-state index in [9.17, 15) is 19.2 Å². The Hall–Kier alpha value is -6.76. The molecule has 3 N–H and O–H groups in total. The predicted molar refractivity (Wildman–Crippen MR) is 231 cm³/mol. The summed E-state index contributed by atoms with van der Waals surface area (Å²) in [5, 5.41) is 8.79. The number of anilines is 1. The van der Waals surface area contributed by atoms with Crippen LogP contribution in [0.3, 0.4) is 0 Å². The van der Waals surface area contributed by atoms with Gasteiger partial charge in [0.1, 0.15) is 5.65 Å². The van der Waals surface area contributed by atoms with Gasteiger partial charge in [-0.25, -0.2) is 14.8 Å². The number of carbonyl (C=O) groups excluding carboxylic acids is 4. The fourth-order valence-electron chi connectivity index (χ4n) is 7.47. The van der Waals surface area contributed by atoms with E-state index < -0.39 is 0 Å². The SMILES string of the molecule is CN(CCCCCCCC(=O)NCCCCCCNC(=O)c1ccc(C(=O)Nc2cn3cc(-n4ccnc4)ccc3n2)cc1)C(=O)OC1c2ccccc2-c2ccccc21. The van der Waals surface area contributed by atoms with Crippen molar-refractivity contribution in [3.8, 4) is 16.8 Å². The van der Waals surface area contributed by atoms with Gasteiger partial charge in [0.2, 0.25) is 5.91 Å². The minimum absolute atomic E-state index is 0.0825. The van der Waals surface area contributed by atoms with Gasteiger partial charge in [-0.05, 0) is 73.2 Å². The predicted octanol–water partition coefficient (Wildman–Crippen LogP) is 8.36.